The molecule has 0 spiro atoms. The summed E-state index contributed by atoms with van der Waals surface area (Å²) < 4.78 is 7.50. The normalized spacial score (nSPS) is 12.0. The van der Waals surface area contributed by atoms with Crippen molar-refractivity contribution < 1.29 is 9.53 Å². The zero-order chi connectivity index (χ0) is 21.1. The molecule has 1 unspecified atom stereocenters. The summed E-state index contributed by atoms with van der Waals surface area (Å²) in [6.45, 7) is 4.06. The van der Waals surface area contributed by atoms with Crippen molar-refractivity contribution in [2.24, 2.45) is 0 Å². The number of imidazole rings is 1. The first kappa shape index (κ1) is 19.7. The van der Waals surface area contributed by atoms with Crippen LogP contribution in [0.3, 0.4) is 0 Å². The van der Waals surface area contributed by atoms with Crippen LogP contribution in [0.2, 0.25) is 0 Å². The van der Waals surface area contributed by atoms with Crippen molar-refractivity contribution in [2.75, 3.05) is 12.4 Å². The van der Waals surface area contributed by atoms with E-state index in [1.54, 1.807) is 7.11 Å². The SMILES string of the molecule is CCC(C(=O)Nc1cc(-c2cn3cccc(C)c3n2)ccc1OC)c1ccccc1. The van der Waals surface area contributed by atoms with Gasteiger partial charge in [0.25, 0.3) is 0 Å². The second kappa shape index (κ2) is 8.41. The van der Waals surface area contributed by atoms with E-state index in [1.165, 1.54) is 0 Å². The molecule has 0 bridgehead atoms. The summed E-state index contributed by atoms with van der Waals surface area (Å²) in [7, 11) is 1.60. The summed E-state index contributed by atoms with van der Waals surface area (Å²) in [5, 5.41) is 3.07. The fraction of sp³-hybridized carbons (Fsp3) is 0.200. The van der Waals surface area contributed by atoms with Gasteiger partial charge in [0.2, 0.25) is 5.91 Å². The fourth-order valence-corrected chi connectivity index (χ4v) is 3.74. The van der Waals surface area contributed by atoms with E-state index in [2.05, 4.69) is 5.32 Å². The molecule has 1 atom stereocenters. The Balaban J connectivity index is 1.67. The number of pyridine rings is 1. The first-order valence-corrected chi connectivity index (χ1v) is 10.1. The van der Waals surface area contributed by atoms with Crippen molar-refractivity contribution in [1.29, 1.82) is 0 Å². The number of methoxy groups -OCH3 is 1. The molecule has 0 saturated carbocycles. The molecule has 0 aliphatic heterocycles. The van der Waals surface area contributed by atoms with E-state index in [0.29, 0.717) is 17.9 Å². The summed E-state index contributed by atoms with van der Waals surface area (Å²) in [5.74, 6) is 0.345. The lowest BCUT2D eigenvalue weighted by atomic mass is 9.95. The van der Waals surface area contributed by atoms with Crippen LogP contribution in [-0.2, 0) is 4.79 Å². The average molecular weight is 399 g/mol. The van der Waals surface area contributed by atoms with Crippen LogP contribution >= 0.6 is 0 Å². The van der Waals surface area contributed by atoms with Gasteiger partial charge in [-0.05, 0) is 48.7 Å². The van der Waals surface area contributed by atoms with Gasteiger partial charge in [0.15, 0.2) is 0 Å². The van der Waals surface area contributed by atoms with Gasteiger partial charge in [0, 0.05) is 18.0 Å². The molecule has 2 heterocycles. The molecule has 0 aliphatic rings. The first-order chi connectivity index (χ1) is 14.6. The number of ether oxygens (including phenoxy) is 1. The molecule has 1 N–H and O–H groups in total. The lowest BCUT2D eigenvalue weighted by Crippen LogP contribution is -2.21. The van der Waals surface area contributed by atoms with Crippen LogP contribution in [-0.4, -0.2) is 22.4 Å². The van der Waals surface area contributed by atoms with Gasteiger partial charge in [-0.2, -0.15) is 0 Å². The second-order valence-electron chi connectivity index (χ2n) is 7.32. The van der Waals surface area contributed by atoms with Crippen molar-refractivity contribution in [3.63, 3.8) is 0 Å². The van der Waals surface area contributed by atoms with Crippen LogP contribution in [0.25, 0.3) is 16.9 Å². The monoisotopic (exact) mass is 399 g/mol. The molecular formula is C25H25N3O2. The van der Waals surface area contributed by atoms with Crippen LogP contribution < -0.4 is 10.1 Å². The number of fused-ring (bicyclic) bond motifs is 1. The molecule has 4 rings (SSSR count). The Kier molecular flexibility index (Phi) is 5.53. The van der Waals surface area contributed by atoms with E-state index in [0.717, 1.165) is 28.0 Å². The van der Waals surface area contributed by atoms with Crippen LogP contribution in [0.4, 0.5) is 5.69 Å². The van der Waals surface area contributed by atoms with Gasteiger partial charge in [-0.3, -0.25) is 4.79 Å². The molecule has 0 aliphatic carbocycles. The van der Waals surface area contributed by atoms with E-state index in [4.69, 9.17) is 9.72 Å². The number of anilines is 1. The largest absolute Gasteiger partial charge is 0.495 e. The Hall–Kier alpha value is -3.60. The lowest BCUT2D eigenvalue weighted by molar-refractivity contribution is -0.117. The molecule has 1 amide bonds. The molecule has 5 heteroatoms. The summed E-state index contributed by atoms with van der Waals surface area (Å²) in [4.78, 5) is 17.8. The maximum atomic E-state index is 13.1. The van der Waals surface area contributed by atoms with Gasteiger partial charge in [-0.25, -0.2) is 4.98 Å². The highest BCUT2D eigenvalue weighted by Gasteiger charge is 2.20. The molecule has 0 fully saturated rings. The Bertz CT molecular complexity index is 1180. The predicted octanol–water partition coefficient (Wildman–Crippen LogP) is 5.45. The molecule has 152 valence electrons. The van der Waals surface area contributed by atoms with E-state index in [1.807, 2.05) is 91.3 Å². The summed E-state index contributed by atoms with van der Waals surface area (Å²) in [6, 6.07) is 19.6. The number of hydrogen-bond donors (Lipinski definition) is 1. The minimum absolute atomic E-state index is 0.0509. The van der Waals surface area contributed by atoms with E-state index >= 15 is 0 Å². The third-order valence-corrected chi connectivity index (χ3v) is 5.36. The third kappa shape index (κ3) is 3.79. The molecule has 5 nitrogen and oxygen atoms in total. The Morgan fingerprint density at radius 1 is 1.13 bits per heavy atom. The van der Waals surface area contributed by atoms with E-state index in [9.17, 15) is 4.79 Å². The molecule has 2 aromatic heterocycles. The zero-order valence-corrected chi connectivity index (χ0v) is 17.4. The number of nitrogens with zero attached hydrogens (tertiary/aromatic N) is 2. The highest BCUT2D eigenvalue weighted by molar-refractivity contribution is 5.97. The Morgan fingerprint density at radius 3 is 2.63 bits per heavy atom. The van der Waals surface area contributed by atoms with Crippen LogP contribution in [0, 0.1) is 6.92 Å². The second-order valence-corrected chi connectivity index (χ2v) is 7.32. The van der Waals surface area contributed by atoms with Crippen molar-refractivity contribution >= 4 is 17.2 Å². The summed E-state index contributed by atoms with van der Waals surface area (Å²) in [6.07, 6.45) is 4.69. The van der Waals surface area contributed by atoms with Crippen molar-refractivity contribution in [3.05, 3.63) is 84.2 Å². The van der Waals surface area contributed by atoms with E-state index in [-0.39, 0.29) is 11.8 Å². The standard InChI is InChI=1S/C25H25N3O2/c1-4-20(18-10-6-5-7-11-18)25(29)27-21-15-19(12-13-23(21)30-3)22-16-28-14-8-9-17(2)24(28)26-22/h5-16,20H,4H2,1-3H3,(H,27,29). The maximum Gasteiger partial charge on any atom is 0.232 e. The third-order valence-electron chi connectivity index (χ3n) is 5.36. The maximum absolute atomic E-state index is 13.1. The van der Waals surface area contributed by atoms with Gasteiger partial charge < -0.3 is 14.5 Å². The number of amides is 1. The number of carbonyl (C=O) groups excluding carboxylic acids is 1. The number of nitrogens with one attached hydrogen (secondary N) is 1. The van der Waals surface area contributed by atoms with Gasteiger partial charge >= 0.3 is 0 Å². The quantitative estimate of drug-likeness (QED) is 0.469. The molecule has 2 aromatic carbocycles. The smallest absolute Gasteiger partial charge is 0.232 e. The molecule has 4 aromatic rings. The molecule has 30 heavy (non-hydrogen) atoms. The average Bonchev–Trinajstić information content (AvgIpc) is 3.21. The van der Waals surface area contributed by atoms with E-state index < -0.39 is 0 Å². The number of benzene rings is 2. The molecule has 0 saturated heterocycles. The number of aryl methyl sites for hydroxylation is 1. The van der Waals surface area contributed by atoms with Crippen molar-refractivity contribution in [1.82, 2.24) is 9.38 Å². The number of hydrogen-bond acceptors (Lipinski definition) is 3. The molecular weight excluding hydrogens is 374 g/mol. The number of aromatic nitrogens is 2. The fourth-order valence-electron chi connectivity index (χ4n) is 3.74. The van der Waals surface area contributed by atoms with Gasteiger partial charge in [0.05, 0.1) is 24.4 Å². The Morgan fingerprint density at radius 2 is 1.93 bits per heavy atom. The highest BCUT2D eigenvalue weighted by atomic mass is 16.5. The van der Waals surface area contributed by atoms with Crippen LogP contribution in [0.5, 0.6) is 5.75 Å². The van der Waals surface area contributed by atoms with Crippen LogP contribution in [0.1, 0.15) is 30.4 Å². The highest BCUT2D eigenvalue weighted by Crippen LogP contribution is 2.32. The molecule has 0 radical (unpaired) electrons. The summed E-state index contributed by atoms with van der Waals surface area (Å²) >= 11 is 0. The minimum Gasteiger partial charge on any atom is -0.495 e. The van der Waals surface area contributed by atoms with Crippen LogP contribution in [0.15, 0.2) is 73.1 Å². The Labute approximate surface area is 176 Å². The minimum atomic E-state index is -0.225. The number of rotatable bonds is 6. The summed E-state index contributed by atoms with van der Waals surface area (Å²) in [5.41, 5.74) is 5.44. The van der Waals surface area contributed by atoms with Gasteiger partial charge in [0.1, 0.15) is 11.4 Å². The first-order valence-electron chi connectivity index (χ1n) is 10.1. The lowest BCUT2D eigenvalue weighted by Gasteiger charge is -2.17. The van der Waals surface area contributed by atoms with Gasteiger partial charge in [-0.1, -0.05) is 43.3 Å². The predicted molar refractivity (Wildman–Crippen MR) is 120 cm³/mol. The van der Waals surface area contributed by atoms with Gasteiger partial charge in [-0.15, -0.1) is 0 Å². The number of carbonyl (C=O) groups is 1. The zero-order valence-electron chi connectivity index (χ0n) is 17.4. The topological polar surface area (TPSA) is 55.6 Å². The van der Waals surface area contributed by atoms with Crippen molar-refractivity contribution in [2.45, 2.75) is 26.2 Å². The van der Waals surface area contributed by atoms with Crippen molar-refractivity contribution in [3.8, 4) is 17.0 Å².